The van der Waals surface area contributed by atoms with Crippen LogP contribution >= 0.6 is 0 Å². The minimum Gasteiger partial charge on any atom is -0.387 e. The van der Waals surface area contributed by atoms with Crippen LogP contribution in [0.2, 0.25) is 0 Å². The molecule has 1 aromatic carbocycles. The van der Waals surface area contributed by atoms with E-state index in [9.17, 15) is 5.11 Å². The summed E-state index contributed by atoms with van der Waals surface area (Å²) in [5.74, 6) is 2.04. The van der Waals surface area contributed by atoms with Gasteiger partial charge in [0.15, 0.2) is 5.82 Å². The monoisotopic (exact) mass is 311 g/mol. The average molecular weight is 311 g/mol. The first-order valence-corrected chi connectivity index (χ1v) is 7.95. The van der Waals surface area contributed by atoms with Gasteiger partial charge in [-0.2, -0.15) is 10.4 Å². The molecule has 1 fully saturated rings. The van der Waals surface area contributed by atoms with E-state index in [0.29, 0.717) is 18.0 Å². The number of nitrogens with zero attached hydrogens (tertiary/aromatic N) is 4. The Hall–Kier alpha value is -2.23. The number of aliphatic hydroxyl groups is 1. The quantitative estimate of drug-likeness (QED) is 0.900. The van der Waals surface area contributed by atoms with Crippen LogP contribution in [-0.2, 0) is 0 Å². The molecule has 0 saturated carbocycles. The lowest BCUT2D eigenvalue weighted by atomic mass is 9.96. The lowest BCUT2D eigenvalue weighted by Gasteiger charge is -2.32. The molecule has 2 aromatic rings. The third kappa shape index (κ3) is 3.76. The highest BCUT2D eigenvalue weighted by atomic mass is 16.3. The van der Waals surface area contributed by atoms with E-state index in [1.54, 1.807) is 12.1 Å². The lowest BCUT2D eigenvalue weighted by molar-refractivity contribution is 0.0945. The molecule has 2 unspecified atom stereocenters. The van der Waals surface area contributed by atoms with Crippen molar-refractivity contribution in [3.05, 3.63) is 47.0 Å². The summed E-state index contributed by atoms with van der Waals surface area (Å²) in [6, 6.07) is 9.22. The third-order valence-corrected chi connectivity index (χ3v) is 4.34. The largest absolute Gasteiger partial charge is 0.387 e. The molecule has 2 atom stereocenters. The molecule has 2 heterocycles. The van der Waals surface area contributed by atoms with Gasteiger partial charge in [-0.25, -0.2) is 4.98 Å². The van der Waals surface area contributed by atoms with Crippen LogP contribution in [-0.4, -0.2) is 44.8 Å². The molecule has 1 aromatic heterocycles. The Kier molecular flexibility index (Phi) is 4.70. The summed E-state index contributed by atoms with van der Waals surface area (Å²) in [7, 11) is 0. The van der Waals surface area contributed by atoms with Crippen molar-refractivity contribution in [2.24, 2.45) is 0 Å². The van der Waals surface area contributed by atoms with Crippen LogP contribution in [0.1, 0.15) is 47.6 Å². The Labute approximate surface area is 135 Å². The molecule has 2 N–H and O–H groups in total. The van der Waals surface area contributed by atoms with Gasteiger partial charge in [0, 0.05) is 19.0 Å². The molecule has 0 aliphatic carbocycles. The molecule has 120 valence electrons. The van der Waals surface area contributed by atoms with Crippen molar-refractivity contribution in [3.8, 4) is 6.07 Å². The maximum atomic E-state index is 10.4. The van der Waals surface area contributed by atoms with Gasteiger partial charge in [-0.05, 0) is 44.0 Å². The van der Waals surface area contributed by atoms with Crippen LogP contribution in [0, 0.1) is 18.3 Å². The minimum absolute atomic E-state index is 0.321. The van der Waals surface area contributed by atoms with Gasteiger partial charge in [0.1, 0.15) is 5.82 Å². The molecular formula is C17H21N5O. The highest BCUT2D eigenvalue weighted by Gasteiger charge is 2.25. The highest BCUT2D eigenvalue weighted by Crippen LogP contribution is 2.26. The summed E-state index contributed by atoms with van der Waals surface area (Å²) in [6.45, 7) is 4.34. The smallest absolute Gasteiger partial charge is 0.155 e. The topological polar surface area (TPSA) is 88.8 Å². The second-order valence-electron chi connectivity index (χ2n) is 6.13. The molecule has 0 spiro atoms. The van der Waals surface area contributed by atoms with Gasteiger partial charge < -0.3 is 5.11 Å². The molecule has 6 nitrogen and oxygen atoms in total. The van der Waals surface area contributed by atoms with Crippen molar-refractivity contribution < 1.29 is 5.11 Å². The molecule has 0 bridgehead atoms. The zero-order chi connectivity index (χ0) is 16.2. The Balaban J connectivity index is 1.61. The van der Waals surface area contributed by atoms with E-state index >= 15 is 0 Å². The Bertz CT molecular complexity index is 688. The number of hydrogen-bond donors (Lipinski definition) is 2. The van der Waals surface area contributed by atoms with Gasteiger partial charge >= 0.3 is 0 Å². The number of aliphatic hydroxyl groups excluding tert-OH is 1. The summed E-state index contributed by atoms with van der Waals surface area (Å²) < 4.78 is 0. The van der Waals surface area contributed by atoms with Crippen LogP contribution in [0.4, 0.5) is 0 Å². The van der Waals surface area contributed by atoms with E-state index in [2.05, 4.69) is 26.2 Å². The fourth-order valence-corrected chi connectivity index (χ4v) is 3.10. The van der Waals surface area contributed by atoms with Crippen LogP contribution in [0.25, 0.3) is 0 Å². The van der Waals surface area contributed by atoms with Crippen molar-refractivity contribution in [2.75, 3.05) is 19.6 Å². The van der Waals surface area contributed by atoms with E-state index in [4.69, 9.17) is 5.26 Å². The number of aromatic amines is 1. The number of H-pyrrole nitrogens is 1. The fraction of sp³-hybridized carbons (Fsp3) is 0.471. The maximum Gasteiger partial charge on any atom is 0.155 e. The third-order valence-electron chi connectivity index (χ3n) is 4.34. The molecule has 23 heavy (non-hydrogen) atoms. The molecular weight excluding hydrogens is 290 g/mol. The second kappa shape index (κ2) is 6.90. The molecule has 1 aliphatic rings. The SMILES string of the molecule is Cc1nc(C2CCCN(CC(O)c3ccc(C#N)cc3)C2)n[nH]1. The van der Waals surface area contributed by atoms with Crippen molar-refractivity contribution in [1.29, 1.82) is 5.26 Å². The van der Waals surface area contributed by atoms with Crippen LogP contribution in [0.5, 0.6) is 0 Å². The van der Waals surface area contributed by atoms with E-state index < -0.39 is 6.10 Å². The van der Waals surface area contributed by atoms with Crippen molar-refractivity contribution in [2.45, 2.75) is 31.8 Å². The molecule has 6 heteroatoms. The van der Waals surface area contributed by atoms with Crippen molar-refractivity contribution in [1.82, 2.24) is 20.1 Å². The molecule has 0 amide bonds. The Morgan fingerprint density at radius 3 is 2.87 bits per heavy atom. The van der Waals surface area contributed by atoms with Crippen LogP contribution in [0.15, 0.2) is 24.3 Å². The first-order chi connectivity index (χ1) is 11.2. The maximum absolute atomic E-state index is 10.4. The zero-order valence-electron chi connectivity index (χ0n) is 13.2. The Morgan fingerprint density at radius 2 is 2.22 bits per heavy atom. The van der Waals surface area contributed by atoms with E-state index in [1.165, 1.54) is 0 Å². The van der Waals surface area contributed by atoms with Crippen LogP contribution < -0.4 is 0 Å². The van der Waals surface area contributed by atoms with Crippen molar-refractivity contribution in [3.63, 3.8) is 0 Å². The molecule has 0 radical (unpaired) electrons. The summed E-state index contributed by atoms with van der Waals surface area (Å²) in [5.41, 5.74) is 1.46. The number of nitriles is 1. The number of piperidine rings is 1. The number of hydrogen-bond acceptors (Lipinski definition) is 5. The first kappa shape index (κ1) is 15.7. The summed E-state index contributed by atoms with van der Waals surface area (Å²) in [5, 5.41) is 26.4. The number of β-amino-alcohol motifs (C(OH)–C–C–N with tert-alkyl or cyclic N) is 1. The van der Waals surface area contributed by atoms with E-state index in [0.717, 1.165) is 43.1 Å². The van der Waals surface area contributed by atoms with Gasteiger partial charge in [-0.15, -0.1) is 0 Å². The normalized spacial score (nSPS) is 20.1. The lowest BCUT2D eigenvalue weighted by Crippen LogP contribution is -2.37. The second-order valence-corrected chi connectivity index (χ2v) is 6.13. The zero-order valence-corrected chi connectivity index (χ0v) is 13.2. The summed E-state index contributed by atoms with van der Waals surface area (Å²) in [6.07, 6.45) is 1.62. The highest BCUT2D eigenvalue weighted by molar-refractivity contribution is 5.32. The Morgan fingerprint density at radius 1 is 1.43 bits per heavy atom. The van der Waals surface area contributed by atoms with Gasteiger partial charge in [0.05, 0.1) is 17.7 Å². The first-order valence-electron chi connectivity index (χ1n) is 7.95. The predicted octanol–water partition coefficient (Wildman–Crippen LogP) is 1.90. The van der Waals surface area contributed by atoms with Crippen LogP contribution in [0.3, 0.4) is 0 Å². The molecule has 3 rings (SSSR count). The number of likely N-dealkylation sites (tertiary alicyclic amines) is 1. The van der Waals surface area contributed by atoms with Gasteiger partial charge in [0.25, 0.3) is 0 Å². The van der Waals surface area contributed by atoms with Gasteiger partial charge in [-0.1, -0.05) is 12.1 Å². The van der Waals surface area contributed by atoms with E-state index in [-0.39, 0.29) is 0 Å². The standard InChI is InChI=1S/C17H21N5O/c1-12-19-17(21-20-12)15-3-2-8-22(10-15)11-16(23)14-6-4-13(9-18)5-7-14/h4-7,15-16,23H,2-3,8,10-11H2,1H3,(H,19,20,21). The summed E-state index contributed by atoms with van der Waals surface area (Å²) in [4.78, 5) is 6.71. The van der Waals surface area contributed by atoms with E-state index in [1.807, 2.05) is 19.1 Å². The molecule has 1 aliphatic heterocycles. The van der Waals surface area contributed by atoms with Crippen molar-refractivity contribution >= 4 is 0 Å². The number of nitrogens with one attached hydrogen (secondary N) is 1. The number of rotatable bonds is 4. The minimum atomic E-state index is -0.546. The number of aromatic nitrogens is 3. The average Bonchev–Trinajstić information content (AvgIpc) is 3.02. The number of benzene rings is 1. The van der Waals surface area contributed by atoms with Gasteiger partial charge in [-0.3, -0.25) is 10.00 Å². The molecule has 1 saturated heterocycles. The predicted molar refractivity (Wildman–Crippen MR) is 85.7 cm³/mol. The number of aryl methyl sites for hydroxylation is 1. The fourth-order valence-electron chi connectivity index (χ4n) is 3.10. The van der Waals surface area contributed by atoms with Gasteiger partial charge in [0.2, 0.25) is 0 Å². The summed E-state index contributed by atoms with van der Waals surface area (Å²) >= 11 is 0.